The molecule has 1 aromatic heterocycles. The number of rotatable bonds is 2. The van der Waals surface area contributed by atoms with Crippen molar-refractivity contribution < 1.29 is 9.90 Å². The van der Waals surface area contributed by atoms with Crippen molar-refractivity contribution in [2.45, 2.75) is 4.21 Å². The summed E-state index contributed by atoms with van der Waals surface area (Å²) in [5.41, 5.74) is 0.350. The highest BCUT2D eigenvalue weighted by molar-refractivity contribution is 8.00. The highest BCUT2D eigenvalue weighted by atomic mass is 32.2. The average Bonchev–Trinajstić information content (AvgIpc) is 2.58. The minimum atomic E-state index is -0.871. The van der Waals surface area contributed by atoms with Crippen LogP contribution in [0.1, 0.15) is 10.4 Å². The van der Waals surface area contributed by atoms with Crippen molar-refractivity contribution in [2.75, 3.05) is 6.26 Å². The molecule has 0 aliphatic heterocycles. The number of hydrogen-bond donors (Lipinski definition) is 1. The number of carboxylic acid groups (broad SMARTS) is 1. The summed E-state index contributed by atoms with van der Waals surface area (Å²) in [6.07, 6.45) is 2.02. The van der Waals surface area contributed by atoms with Crippen LogP contribution in [0, 0.1) is 0 Å². The third kappa shape index (κ3) is 1.63. The maximum Gasteiger partial charge on any atom is 0.335 e. The second-order valence-electron chi connectivity index (χ2n) is 2.83. The molecule has 4 heteroatoms. The van der Waals surface area contributed by atoms with Crippen LogP contribution < -0.4 is 0 Å². The Kier molecular flexibility index (Phi) is 2.48. The van der Waals surface area contributed by atoms with Crippen LogP contribution in [-0.4, -0.2) is 17.3 Å². The topological polar surface area (TPSA) is 37.3 Å². The van der Waals surface area contributed by atoms with Crippen molar-refractivity contribution in [3.63, 3.8) is 0 Å². The molecule has 0 radical (unpaired) electrons. The summed E-state index contributed by atoms with van der Waals surface area (Å²) >= 11 is 3.37. The van der Waals surface area contributed by atoms with Gasteiger partial charge in [0.1, 0.15) is 0 Å². The Bertz CT molecular complexity index is 488. The summed E-state index contributed by atoms with van der Waals surface area (Å²) in [4.78, 5) is 10.7. The van der Waals surface area contributed by atoms with E-state index >= 15 is 0 Å². The van der Waals surface area contributed by atoms with Crippen LogP contribution >= 0.6 is 23.1 Å². The van der Waals surface area contributed by atoms with Crippen LogP contribution in [0.15, 0.2) is 28.5 Å². The minimum Gasteiger partial charge on any atom is -0.478 e. The Labute approximate surface area is 89.6 Å². The smallest absolute Gasteiger partial charge is 0.335 e. The van der Waals surface area contributed by atoms with Crippen LogP contribution in [0.3, 0.4) is 0 Å². The van der Waals surface area contributed by atoms with E-state index in [-0.39, 0.29) is 0 Å². The molecule has 0 fully saturated rings. The number of carboxylic acids is 1. The first-order valence-electron chi connectivity index (χ1n) is 4.01. The Morgan fingerprint density at radius 1 is 1.43 bits per heavy atom. The lowest BCUT2D eigenvalue weighted by molar-refractivity contribution is 0.0697. The molecule has 1 heterocycles. The van der Waals surface area contributed by atoms with Gasteiger partial charge in [-0.05, 0) is 35.9 Å². The zero-order chi connectivity index (χ0) is 10.1. The number of fused-ring (bicyclic) bond motifs is 1. The fraction of sp³-hybridized carbons (Fsp3) is 0.100. The molecule has 0 spiro atoms. The summed E-state index contributed by atoms with van der Waals surface area (Å²) in [5, 5.41) is 9.82. The quantitative estimate of drug-likeness (QED) is 0.795. The molecule has 14 heavy (non-hydrogen) atoms. The molecule has 0 amide bonds. The van der Waals surface area contributed by atoms with Crippen LogP contribution in [0.5, 0.6) is 0 Å². The lowest BCUT2D eigenvalue weighted by Gasteiger charge is -1.92. The molecule has 2 aromatic rings. The van der Waals surface area contributed by atoms with Gasteiger partial charge in [-0.3, -0.25) is 0 Å². The lowest BCUT2D eigenvalue weighted by atomic mass is 10.2. The van der Waals surface area contributed by atoms with Crippen LogP contribution in [-0.2, 0) is 0 Å². The Morgan fingerprint density at radius 2 is 2.21 bits per heavy atom. The molecule has 0 atom stereocenters. The first kappa shape index (κ1) is 9.55. The van der Waals surface area contributed by atoms with Crippen molar-refractivity contribution in [1.29, 1.82) is 0 Å². The zero-order valence-corrected chi connectivity index (χ0v) is 9.11. The van der Waals surface area contributed by atoms with E-state index in [1.165, 1.54) is 4.21 Å². The van der Waals surface area contributed by atoms with Gasteiger partial charge >= 0.3 is 5.97 Å². The van der Waals surface area contributed by atoms with Crippen molar-refractivity contribution in [3.8, 4) is 0 Å². The molecule has 0 aliphatic rings. The number of hydrogen-bond acceptors (Lipinski definition) is 3. The van der Waals surface area contributed by atoms with Crippen LogP contribution in [0.2, 0.25) is 0 Å². The summed E-state index contributed by atoms with van der Waals surface area (Å²) in [6, 6.07) is 7.25. The zero-order valence-electron chi connectivity index (χ0n) is 7.48. The largest absolute Gasteiger partial charge is 0.478 e. The maximum atomic E-state index is 10.7. The Hall–Kier alpha value is -1.00. The molecule has 72 valence electrons. The van der Waals surface area contributed by atoms with E-state index in [2.05, 4.69) is 0 Å². The van der Waals surface area contributed by atoms with Crippen molar-refractivity contribution in [1.82, 2.24) is 0 Å². The van der Waals surface area contributed by atoms with Crippen LogP contribution in [0.4, 0.5) is 0 Å². The molecule has 2 rings (SSSR count). The van der Waals surface area contributed by atoms with Gasteiger partial charge in [0.2, 0.25) is 0 Å². The number of thioether (sulfide) groups is 1. The van der Waals surface area contributed by atoms with Crippen molar-refractivity contribution in [2.24, 2.45) is 0 Å². The molecular formula is C10H8O2S2. The van der Waals surface area contributed by atoms with Gasteiger partial charge in [-0.25, -0.2) is 4.79 Å². The molecular weight excluding hydrogens is 216 g/mol. The number of carbonyl (C=O) groups is 1. The fourth-order valence-electron chi connectivity index (χ4n) is 1.25. The van der Waals surface area contributed by atoms with E-state index in [9.17, 15) is 4.79 Å². The SMILES string of the molecule is CSc1cc2cc(C(=O)O)ccc2s1. The van der Waals surface area contributed by atoms with E-state index < -0.39 is 5.97 Å². The molecule has 1 aromatic carbocycles. The molecule has 0 unspecified atom stereocenters. The lowest BCUT2D eigenvalue weighted by Crippen LogP contribution is -1.94. The van der Waals surface area contributed by atoms with Crippen molar-refractivity contribution in [3.05, 3.63) is 29.8 Å². The Balaban J connectivity index is 2.59. The van der Waals surface area contributed by atoms with Gasteiger partial charge in [0.05, 0.1) is 9.77 Å². The number of aromatic carboxylic acids is 1. The number of benzene rings is 1. The maximum absolute atomic E-state index is 10.7. The molecule has 2 nitrogen and oxygen atoms in total. The van der Waals surface area contributed by atoms with E-state index in [0.29, 0.717) is 5.56 Å². The van der Waals surface area contributed by atoms with E-state index in [1.54, 1.807) is 35.2 Å². The summed E-state index contributed by atoms with van der Waals surface area (Å²) in [5.74, 6) is -0.871. The highest BCUT2D eigenvalue weighted by Gasteiger charge is 2.05. The van der Waals surface area contributed by atoms with Gasteiger partial charge in [-0.1, -0.05) is 0 Å². The van der Waals surface area contributed by atoms with Gasteiger partial charge < -0.3 is 5.11 Å². The summed E-state index contributed by atoms with van der Waals surface area (Å²) in [7, 11) is 0. The first-order valence-corrected chi connectivity index (χ1v) is 6.05. The molecule has 0 saturated heterocycles. The highest BCUT2D eigenvalue weighted by Crippen LogP contribution is 2.31. The molecule has 0 aliphatic carbocycles. The predicted molar refractivity (Wildman–Crippen MR) is 60.6 cm³/mol. The van der Waals surface area contributed by atoms with Gasteiger partial charge in [0.15, 0.2) is 0 Å². The number of thiophene rings is 1. The second kappa shape index (κ2) is 3.63. The standard InChI is InChI=1S/C10H8O2S2/c1-13-9-5-7-4-6(10(11)12)2-3-8(7)14-9/h2-5H,1H3,(H,11,12). The summed E-state index contributed by atoms with van der Waals surface area (Å²) in [6.45, 7) is 0. The van der Waals surface area contributed by atoms with Crippen LogP contribution in [0.25, 0.3) is 10.1 Å². The van der Waals surface area contributed by atoms with Gasteiger partial charge in [-0.2, -0.15) is 0 Å². The van der Waals surface area contributed by atoms with E-state index in [0.717, 1.165) is 10.1 Å². The van der Waals surface area contributed by atoms with Gasteiger partial charge in [0.25, 0.3) is 0 Å². The van der Waals surface area contributed by atoms with Crippen molar-refractivity contribution >= 4 is 39.2 Å². The molecule has 0 bridgehead atoms. The average molecular weight is 224 g/mol. The fourth-order valence-corrected chi connectivity index (χ4v) is 2.87. The first-order chi connectivity index (χ1) is 6.70. The minimum absolute atomic E-state index is 0.350. The molecule has 1 N–H and O–H groups in total. The third-order valence-corrected chi connectivity index (χ3v) is 4.12. The predicted octanol–water partition coefficient (Wildman–Crippen LogP) is 3.32. The normalized spacial score (nSPS) is 10.6. The molecule has 0 saturated carbocycles. The Morgan fingerprint density at radius 3 is 2.86 bits per heavy atom. The summed E-state index contributed by atoms with van der Waals surface area (Å²) < 4.78 is 2.35. The third-order valence-electron chi connectivity index (χ3n) is 1.94. The van der Waals surface area contributed by atoms with Gasteiger partial charge in [-0.15, -0.1) is 23.1 Å². The van der Waals surface area contributed by atoms with E-state index in [1.807, 2.05) is 18.4 Å². The van der Waals surface area contributed by atoms with Gasteiger partial charge in [0, 0.05) is 4.70 Å². The monoisotopic (exact) mass is 224 g/mol. The second-order valence-corrected chi connectivity index (χ2v) is 5.02. The van der Waals surface area contributed by atoms with E-state index in [4.69, 9.17) is 5.11 Å².